The number of anilines is 4. The van der Waals surface area contributed by atoms with Gasteiger partial charge in [0.15, 0.2) is 40.3 Å². The molecule has 4 N–H and O–H groups in total. The number of phenols is 3. The molecular formula is C83H93N8O13P3S. The van der Waals surface area contributed by atoms with Crippen LogP contribution in [-0.4, -0.2) is 147 Å². The van der Waals surface area contributed by atoms with Crippen LogP contribution >= 0.6 is 35.7 Å². The number of aromatic hydroxyl groups is 3. The third-order valence-corrected chi connectivity index (χ3v) is 22.2. The molecule has 9 aromatic carbocycles. The Balaban J connectivity index is 0.000000174. The summed E-state index contributed by atoms with van der Waals surface area (Å²) in [6.07, 6.45) is 0. The summed E-state index contributed by atoms with van der Waals surface area (Å²) in [7, 11) is 25.0. The second-order valence-electron chi connectivity index (χ2n) is 25.0. The minimum absolute atomic E-state index is 0.0373. The molecular weight excluding hydrogens is 1440 g/mol. The monoisotopic (exact) mass is 1530 g/mol. The van der Waals surface area contributed by atoms with Crippen LogP contribution in [0.15, 0.2) is 180 Å². The van der Waals surface area contributed by atoms with Gasteiger partial charge in [0.1, 0.15) is 34.5 Å². The summed E-state index contributed by atoms with van der Waals surface area (Å²) in [5.41, 5.74) is 15.2. The number of nitrogens with one attached hydrogen (secondary N) is 1. The van der Waals surface area contributed by atoms with E-state index in [4.69, 9.17) is 57.3 Å². The number of rotatable bonds is 26. The summed E-state index contributed by atoms with van der Waals surface area (Å²) in [6, 6.07) is 56.9. The quantitative estimate of drug-likeness (QED) is 0.0369. The van der Waals surface area contributed by atoms with E-state index in [1.807, 2.05) is 129 Å². The molecule has 0 aliphatic heterocycles. The van der Waals surface area contributed by atoms with Gasteiger partial charge in [0, 0.05) is 127 Å². The first-order valence-corrected chi connectivity index (χ1v) is 40.5. The molecule has 108 heavy (non-hydrogen) atoms. The van der Waals surface area contributed by atoms with Crippen molar-refractivity contribution in [2.24, 2.45) is 0 Å². The summed E-state index contributed by atoms with van der Waals surface area (Å²) in [6.45, 7) is 9.61. The van der Waals surface area contributed by atoms with E-state index in [0.717, 1.165) is 115 Å². The van der Waals surface area contributed by atoms with Crippen LogP contribution in [0.5, 0.6) is 63.2 Å². The molecule has 25 heteroatoms. The van der Waals surface area contributed by atoms with Crippen molar-refractivity contribution in [3.05, 3.63) is 176 Å². The van der Waals surface area contributed by atoms with Gasteiger partial charge < -0.3 is 86.8 Å². The Morgan fingerprint density at radius 2 is 0.796 bits per heavy atom. The molecule has 0 aliphatic rings. The van der Waals surface area contributed by atoms with Gasteiger partial charge in [-0.25, -0.2) is 15.0 Å². The Hall–Kier alpha value is -10.9. The van der Waals surface area contributed by atoms with Crippen molar-refractivity contribution in [3.63, 3.8) is 0 Å². The summed E-state index contributed by atoms with van der Waals surface area (Å²) in [5, 5.41) is 32.5. The molecule has 12 aromatic rings. The number of phenolic OH excluding ortho intramolecular Hbond substituents is 3. The van der Waals surface area contributed by atoms with E-state index >= 15 is 0 Å². The summed E-state index contributed by atoms with van der Waals surface area (Å²) >= 11 is 1.55. The SMILES string of the molecule is CCN(CC)c1ccc(-c2nc(-c3cc(OC)c(O)c(OC)c3)[nH]c2-c2ccc(N(CC)CC)cc2)cc1.COc1cc(-c2nc(-c3ccc(N(C)C)cc3)c(-c3ccc(N(C)C)cc3P(=O)(P)P)o2)cc(OC)c1O.COc1ccc(-c2nc(-c3cc(OC)c(O)c(OC)c3)sc2-c2ccc(OC)cc2)cc1. The fourth-order valence-corrected chi connectivity index (χ4v) is 15.4. The molecule has 0 amide bonds. The Labute approximate surface area is 640 Å². The van der Waals surface area contributed by atoms with Crippen molar-refractivity contribution < 1.29 is 62.2 Å². The molecule has 2 unspecified atom stereocenters. The van der Waals surface area contributed by atoms with Gasteiger partial charge in [0.2, 0.25) is 23.1 Å². The Morgan fingerprint density at radius 1 is 0.417 bits per heavy atom. The molecule has 3 heterocycles. The first-order chi connectivity index (χ1) is 52.0. The lowest BCUT2D eigenvalue weighted by Crippen LogP contribution is -2.21. The predicted octanol–water partition coefficient (Wildman–Crippen LogP) is 18.8. The highest BCUT2D eigenvalue weighted by atomic mass is 32.4. The first-order valence-electron chi connectivity index (χ1n) is 34.7. The number of aromatic amines is 1. The van der Waals surface area contributed by atoms with Crippen molar-refractivity contribution in [1.29, 1.82) is 0 Å². The minimum atomic E-state index is -2.88. The van der Waals surface area contributed by atoms with Crippen LogP contribution < -0.4 is 62.8 Å². The number of aromatic nitrogens is 4. The number of imidazole rings is 1. The molecule has 0 radical (unpaired) electrons. The number of benzene rings is 9. The molecule has 3 aromatic heterocycles. The highest BCUT2D eigenvalue weighted by Crippen LogP contribution is 2.63. The number of hydrogen-bond acceptors (Lipinski definition) is 21. The predicted molar refractivity (Wildman–Crippen MR) is 446 cm³/mol. The van der Waals surface area contributed by atoms with Crippen molar-refractivity contribution in [2.75, 3.05) is 131 Å². The molecule has 564 valence electrons. The number of ether oxygens (including phenoxy) is 8. The van der Waals surface area contributed by atoms with Crippen molar-refractivity contribution in [3.8, 4) is 163 Å². The standard InChI is InChI=1S/C31H38N4O3.C27H32N3O5P3.C25H23NO5S/c1-7-34(8-2)24-15-11-21(12-16-24)28-29(22-13-17-25(18-14-22)35(9-3)10-4)33-31(32-28)23-19-26(37-5)30(36)27(20-23)38-6;1-29(2)18-9-7-16(8-10-18)24-26(20-12-11-19(30(3)4)15-23(20)38(32,36)37)35-27(28-24)17-13-21(33-5)25(31)22(14-17)34-6;1-28-18-9-5-15(6-10-18)22-24(16-7-11-19(29-2)12-8-16)32-25(26-22)17-13-20(30-3)23(27)21(14-17)31-4/h11-20,36H,7-10H2,1-6H3,(H,32,33);7-15,31H,36-37H2,1-6H3;5-14,27H,1-4H3. The van der Waals surface area contributed by atoms with Gasteiger partial charge in [0.25, 0.3) is 0 Å². The highest BCUT2D eigenvalue weighted by Gasteiger charge is 2.28. The van der Waals surface area contributed by atoms with E-state index in [9.17, 15) is 19.9 Å². The fraction of sp³-hybridized carbons (Fsp3) is 0.241. The van der Waals surface area contributed by atoms with Crippen LogP contribution in [-0.2, 0) is 4.57 Å². The van der Waals surface area contributed by atoms with Gasteiger partial charge in [-0.1, -0.05) is 54.3 Å². The second kappa shape index (κ2) is 35.7. The average molecular weight is 1540 g/mol. The van der Waals surface area contributed by atoms with E-state index in [1.165, 1.54) is 54.0 Å². The van der Waals surface area contributed by atoms with Gasteiger partial charge in [-0.3, -0.25) is 0 Å². The van der Waals surface area contributed by atoms with Crippen molar-refractivity contribution in [2.45, 2.75) is 27.7 Å². The lowest BCUT2D eigenvalue weighted by atomic mass is 10.0. The van der Waals surface area contributed by atoms with Crippen LogP contribution in [0, 0.1) is 0 Å². The molecule has 0 saturated heterocycles. The largest absolute Gasteiger partial charge is 0.502 e. The third-order valence-electron chi connectivity index (χ3n) is 18.2. The van der Waals surface area contributed by atoms with Crippen LogP contribution in [0.1, 0.15) is 27.7 Å². The number of hydrogen-bond donors (Lipinski definition) is 4. The summed E-state index contributed by atoms with van der Waals surface area (Å²) in [5.74, 6) is 4.58. The van der Waals surface area contributed by atoms with E-state index < -0.39 is 6.52 Å². The lowest BCUT2D eigenvalue weighted by Gasteiger charge is -2.21. The highest BCUT2D eigenvalue weighted by molar-refractivity contribution is 8.50. The van der Waals surface area contributed by atoms with E-state index in [2.05, 4.69) is 109 Å². The molecule has 0 aliphatic carbocycles. The maximum Gasteiger partial charge on any atom is 0.227 e. The lowest BCUT2D eigenvalue weighted by molar-refractivity contribution is 0.340. The first kappa shape index (κ1) is 79.7. The Bertz CT molecular complexity index is 4860. The zero-order valence-corrected chi connectivity index (χ0v) is 67.7. The van der Waals surface area contributed by atoms with Crippen LogP contribution in [0.4, 0.5) is 22.7 Å². The summed E-state index contributed by atoms with van der Waals surface area (Å²) in [4.78, 5) is 28.1. The van der Waals surface area contributed by atoms with Gasteiger partial charge in [-0.15, -0.1) is 11.3 Å². The van der Waals surface area contributed by atoms with E-state index in [-0.39, 0.29) is 28.7 Å². The van der Waals surface area contributed by atoms with E-state index in [1.54, 1.807) is 62.0 Å². The van der Waals surface area contributed by atoms with Gasteiger partial charge >= 0.3 is 0 Å². The third kappa shape index (κ3) is 17.7. The molecule has 0 bridgehead atoms. The number of H-pyrrole nitrogens is 1. The maximum atomic E-state index is 13.4. The molecule has 21 nitrogen and oxygen atoms in total. The van der Waals surface area contributed by atoms with E-state index in [0.29, 0.717) is 62.6 Å². The Kier molecular flexibility index (Phi) is 26.3. The number of oxazole rings is 1. The topological polar surface area (TPSA) is 232 Å². The molecule has 2 atom stereocenters. The van der Waals surface area contributed by atoms with Gasteiger partial charge in [-0.2, -0.15) is 0 Å². The molecule has 0 saturated carbocycles. The molecule has 12 rings (SSSR count). The van der Waals surface area contributed by atoms with Crippen molar-refractivity contribution >= 4 is 63.8 Å². The normalized spacial score (nSPS) is 11.0. The smallest absolute Gasteiger partial charge is 0.227 e. The van der Waals surface area contributed by atoms with Gasteiger partial charge in [0.05, 0.1) is 78.8 Å². The second-order valence-corrected chi connectivity index (χ2v) is 34.3. The molecule has 0 fully saturated rings. The number of nitrogens with zero attached hydrogens (tertiary/aromatic N) is 7. The zero-order chi connectivity index (χ0) is 77.7. The number of methoxy groups -OCH3 is 8. The van der Waals surface area contributed by atoms with Crippen LogP contribution in [0.25, 0.3) is 100 Å². The Morgan fingerprint density at radius 3 is 1.21 bits per heavy atom. The minimum Gasteiger partial charge on any atom is -0.502 e. The summed E-state index contributed by atoms with van der Waals surface area (Å²) < 4.78 is 62.6. The fourth-order valence-electron chi connectivity index (χ4n) is 12.2. The molecule has 0 spiro atoms. The average Bonchev–Trinajstić information content (AvgIpc) is 1.64. The zero-order valence-electron chi connectivity index (χ0n) is 63.6. The maximum absolute atomic E-state index is 13.4. The van der Waals surface area contributed by atoms with Crippen LogP contribution in [0.3, 0.4) is 0 Å². The van der Waals surface area contributed by atoms with Crippen LogP contribution in [0.2, 0.25) is 0 Å². The number of thiazole rings is 1. The van der Waals surface area contributed by atoms with Crippen molar-refractivity contribution in [1.82, 2.24) is 19.9 Å². The van der Waals surface area contributed by atoms with Gasteiger partial charge in [-0.05, 0) is 173 Å².